The van der Waals surface area contributed by atoms with E-state index in [0.717, 1.165) is 23.0 Å². The van der Waals surface area contributed by atoms with Gasteiger partial charge in [-0.1, -0.05) is 43.3 Å². The Bertz CT molecular complexity index is 1380. The second-order valence-corrected chi connectivity index (χ2v) is 7.60. The number of aromatic nitrogens is 1. The van der Waals surface area contributed by atoms with E-state index in [9.17, 15) is 14.7 Å². The molecule has 0 saturated carbocycles. The number of fused-ring (bicyclic) bond motifs is 1. The van der Waals surface area contributed by atoms with Gasteiger partial charge in [-0.3, -0.25) is 9.36 Å². The summed E-state index contributed by atoms with van der Waals surface area (Å²) in [6, 6.07) is 21.2. The lowest BCUT2D eigenvalue weighted by atomic mass is 10.1. The van der Waals surface area contributed by atoms with Gasteiger partial charge in [0.05, 0.1) is 22.4 Å². The number of rotatable bonds is 6. The summed E-state index contributed by atoms with van der Waals surface area (Å²) in [4.78, 5) is 23.7. The molecule has 0 spiro atoms. The highest BCUT2D eigenvalue weighted by atomic mass is 16.4. The van der Waals surface area contributed by atoms with Crippen molar-refractivity contribution in [2.75, 3.05) is 0 Å². The number of hydrogen-bond donors (Lipinski definition) is 3. The lowest BCUT2D eigenvalue weighted by molar-refractivity contribution is 0.0697. The number of hydrazone groups is 1. The van der Waals surface area contributed by atoms with Crippen LogP contribution in [0.4, 0.5) is 0 Å². The molecule has 0 aliphatic carbocycles. The summed E-state index contributed by atoms with van der Waals surface area (Å²) >= 11 is 0. The zero-order valence-electron chi connectivity index (χ0n) is 18.2. The van der Waals surface area contributed by atoms with Gasteiger partial charge in [0.25, 0.3) is 5.91 Å². The van der Waals surface area contributed by atoms with Crippen LogP contribution in [0.5, 0.6) is 5.88 Å². The van der Waals surface area contributed by atoms with E-state index in [1.807, 2.05) is 48.5 Å². The maximum atomic E-state index is 12.5. The first-order valence-electron chi connectivity index (χ1n) is 10.5. The van der Waals surface area contributed by atoms with Crippen LogP contribution in [0.1, 0.15) is 45.7 Å². The number of aryl methyl sites for hydroxylation is 1. The molecular weight excluding hydrogens is 418 g/mol. The number of nitrogens with zero attached hydrogens (tertiary/aromatic N) is 2. The molecule has 0 radical (unpaired) electrons. The van der Waals surface area contributed by atoms with Crippen molar-refractivity contribution in [2.24, 2.45) is 5.10 Å². The third-order valence-electron chi connectivity index (χ3n) is 5.51. The number of para-hydroxylation sites is 1. The van der Waals surface area contributed by atoms with Gasteiger partial charge in [-0.15, -0.1) is 0 Å². The second-order valence-electron chi connectivity index (χ2n) is 7.60. The Morgan fingerprint density at radius 2 is 1.67 bits per heavy atom. The molecule has 166 valence electrons. The maximum absolute atomic E-state index is 12.5. The molecule has 1 aromatic heterocycles. The van der Waals surface area contributed by atoms with Crippen LogP contribution >= 0.6 is 0 Å². The molecule has 7 heteroatoms. The smallest absolute Gasteiger partial charge is 0.335 e. The van der Waals surface area contributed by atoms with Crippen LogP contribution in [0.3, 0.4) is 0 Å². The average Bonchev–Trinajstić information content (AvgIpc) is 3.14. The lowest BCUT2D eigenvalue weighted by Gasteiger charge is -2.08. The van der Waals surface area contributed by atoms with Crippen molar-refractivity contribution in [2.45, 2.75) is 20.3 Å². The highest BCUT2D eigenvalue weighted by Crippen LogP contribution is 2.34. The third-order valence-corrected chi connectivity index (χ3v) is 5.51. The topological polar surface area (TPSA) is 104 Å². The van der Waals surface area contributed by atoms with Gasteiger partial charge in [-0.2, -0.15) is 5.10 Å². The Balaban J connectivity index is 1.71. The molecule has 7 nitrogen and oxygen atoms in total. The van der Waals surface area contributed by atoms with Crippen LogP contribution in [-0.4, -0.2) is 32.4 Å². The number of aromatic carboxylic acids is 1. The van der Waals surface area contributed by atoms with Crippen LogP contribution in [0, 0.1) is 0 Å². The Hall–Kier alpha value is -4.39. The summed E-state index contributed by atoms with van der Waals surface area (Å²) < 4.78 is 1.75. The fourth-order valence-corrected chi connectivity index (χ4v) is 3.77. The van der Waals surface area contributed by atoms with E-state index in [0.29, 0.717) is 11.3 Å². The van der Waals surface area contributed by atoms with E-state index in [2.05, 4.69) is 17.5 Å². The molecule has 0 saturated heterocycles. The van der Waals surface area contributed by atoms with E-state index in [4.69, 9.17) is 5.11 Å². The molecule has 33 heavy (non-hydrogen) atoms. The largest absolute Gasteiger partial charge is 0.494 e. The van der Waals surface area contributed by atoms with Crippen molar-refractivity contribution in [3.8, 4) is 11.6 Å². The van der Waals surface area contributed by atoms with Crippen molar-refractivity contribution in [3.63, 3.8) is 0 Å². The maximum Gasteiger partial charge on any atom is 0.335 e. The van der Waals surface area contributed by atoms with Gasteiger partial charge in [0.1, 0.15) is 0 Å². The molecule has 1 heterocycles. The van der Waals surface area contributed by atoms with Gasteiger partial charge in [-0.05, 0) is 55.3 Å². The van der Waals surface area contributed by atoms with Gasteiger partial charge >= 0.3 is 5.97 Å². The van der Waals surface area contributed by atoms with Crippen LogP contribution in [0.15, 0.2) is 77.9 Å². The molecule has 0 atom stereocenters. The summed E-state index contributed by atoms with van der Waals surface area (Å²) in [6.07, 6.45) is 0.921. The fourth-order valence-electron chi connectivity index (χ4n) is 3.77. The number of nitrogens with one attached hydrogen (secondary N) is 1. The third kappa shape index (κ3) is 4.21. The standard InChI is InChI=1S/C26H23N3O4/c1-3-17-11-13-20(14-12-17)29-22-10-5-4-9-21(22)23(25(29)31)16(2)27-28-24(30)18-7-6-8-19(15-18)26(32)33/h4-15,31H,3H2,1-2H3,(H,28,30)(H,32,33). The number of hydrogen-bond acceptors (Lipinski definition) is 4. The van der Waals surface area contributed by atoms with Crippen molar-refractivity contribution in [1.82, 2.24) is 9.99 Å². The molecule has 4 aromatic rings. The van der Waals surface area contributed by atoms with E-state index in [-0.39, 0.29) is 17.0 Å². The molecule has 0 bridgehead atoms. The molecule has 4 rings (SSSR count). The Labute approximate surface area is 190 Å². The minimum Gasteiger partial charge on any atom is -0.494 e. The highest BCUT2D eigenvalue weighted by molar-refractivity contribution is 6.13. The lowest BCUT2D eigenvalue weighted by Crippen LogP contribution is -2.19. The predicted octanol–water partition coefficient (Wildman–Crippen LogP) is 4.75. The van der Waals surface area contributed by atoms with Crippen LogP contribution < -0.4 is 5.43 Å². The molecular formula is C26H23N3O4. The van der Waals surface area contributed by atoms with Crippen molar-refractivity contribution < 1.29 is 19.8 Å². The Morgan fingerprint density at radius 3 is 2.36 bits per heavy atom. The minimum atomic E-state index is -1.12. The van der Waals surface area contributed by atoms with Gasteiger partial charge in [0.15, 0.2) is 0 Å². The number of carboxylic acid groups (broad SMARTS) is 1. The van der Waals surface area contributed by atoms with Crippen molar-refractivity contribution in [3.05, 3.63) is 95.1 Å². The summed E-state index contributed by atoms with van der Waals surface area (Å²) in [6.45, 7) is 3.78. The molecule has 0 fully saturated rings. The van der Waals surface area contributed by atoms with Crippen LogP contribution in [0.25, 0.3) is 16.6 Å². The first kappa shape index (κ1) is 21.8. The number of aromatic hydroxyl groups is 1. The molecule has 1 amide bonds. The first-order valence-corrected chi connectivity index (χ1v) is 10.5. The first-order chi connectivity index (χ1) is 15.9. The predicted molar refractivity (Wildman–Crippen MR) is 127 cm³/mol. The summed E-state index contributed by atoms with van der Waals surface area (Å²) in [5.74, 6) is -1.64. The quantitative estimate of drug-likeness (QED) is 0.297. The Morgan fingerprint density at radius 1 is 0.970 bits per heavy atom. The zero-order valence-corrected chi connectivity index (χ0v) is 18.2. The number of amides is 1. The Kier molecular flexibility index (Phi) is 5.95. The minimum absolute atomic E-state index is 0.0122. The molecule has 3 aromatic carbocycles. The number of carbonyl (C=O) groups excluding carboxylic acids is 1. The summed E-state index contributed by atoms with van der Waals surface area (Å²) in [7, 11) is 0. The molecule has 3 N–H and O–H groups in total. The normalized spacial score (nSPS) is 11.5. The SMILES string of the molecule is CCc1ccc(-n2c(O)c(C(C)=NNC(=O)c3cccc(C(=O)O)c3)c3ccccc32)cc1. The summed E-state index contributed by atoms with van der Waals surface area (Å²) in [5.41, 5.74) is 6.38. The molecule has 0 unspecified atom stereocenters. The van der Waals surface area contributed by atoms with E-state index >= 15 is 0 Å². The molecule has 0 aliphatic heterocycles. The van der Waals surface area contributed by atoms with Crippen molar-refractivity contribution >= 4 is 28.5 Å². The van der Waals surface area contributed by atoms with E-state index < -0.39 is 11.9 Å². The average molecular weight is 441 g/mol. The van der Waals surface area contributed by atoms with Gasteiger partial charge in [0.2, 0.25) is 5.88 Å². The van der Waals surface area contributed by atoms with E-state index in [1.54, 1.807) is 11.5 Å². The number of benzene rings is 3. The zero-order chi connectivity index (χ0) is 23.5. The number of carboxylic acids is 1. The van der Waals surface area contributed by atoms with Gasteiger partial charge in [-0.25, -0.2) is 10.2 Å². The van der Waals surface area contributed by atoms with Crippen LogP contribution in [0.2, 0.25) is 0 Å². The molecule has 0 aliphatic rings. The van der Waals surface area contributed by atoms with Crippen LogP contribution in [-0.2, 0) is 6.42 Å². The fraction of sp³-hybridized carbons (Fsp3) is 0.115. The monoisotopic (exact) mass is 441 g/mol. The van der Waals surface area contributed by atoms with E-state index in [1.165, 1.54) is 29.8 Å². The summed E-state index contributed by atoms with van der Waals surface area (Å²) in [5, 5.41) is 25.2. The van der Waals surface area contributed by atoms with Gasteiger partial charge in [0, 0.05) is 16.6 Å². The number of carbonyl (C=O) groups is 2. The highest BCUT2D eigenvalue weighted by Gasteiger charge is 2.20. The second kappa shape index (κ2) is 9.00. The van der Waals surface area contributed by atoms with Crippen molar-refractivity contribution in [1.29, 1.82) is 0 Å². The van der Waals surface area contributed by atoms with Gasteiger partial charge < -0.3 is 10.2 Å².